The number of non-ortho nitro benzene ring substituents is 1. The maximum Gasteiger partial charge on any atom is 0.269 e. The molecule has 2 aromatic carbocycles. The Balaban J connectivity index is 1.80. The van der Waals surface area contributed by atoms with E-state index in [4.69, 9.17) is 4.74 Å². The Labute approximate surface area is 154 Å². The van der Waals surface area contributed by atoms with Crippen LogP contribution in [0.25, 0.3) is 12.2 Å². The molecule has 0 saturated heterocycles. The summed E-state index contributed by atoms with van der Waals surface area (Å²) < 4.78 is 5.64. The van der Waals surface area contributed by atoms with Crippen molar-refractivity contribution in [2.24, 2.45) is 0 Å². The third-order valence-electron chi connectivity index (χ3n) is 3.66. The van der Waals surface area contributed by atoms with Crippen molar-refractivity contribution in [3.8, 4) is 5.75 Å². The molecule has 0 unspecified atom stereocenters. The second kappa shape index (κ2) is 10.7. The summed E-state index contributed by atoms with van der Waals surface area (Å²) in [6.07, 6.45) is 13.8. The van der Waals surface area contributed by atoms with Crippen LogP contribution in [0.2, 0.25) is 0 Å². The van der Waals surface area contributed by atoms with E-state index in [2.05, 4.69) is 6.92 Å². The van der Waals surface area contributed by atoms with Gasteiger partial charge in [0.2, 0.25) is 0 Å². The largest absolute Gasteiger partial charge is 0.494 e. The summed E-state index contributed by atoms with van der Waals surface area (Å²) in [6.45, 7) is 2.90. The van der Waals surface area contributed by atoms with E-state index in [0.717, 1.165) is 36.3 Å². The van der Waals surface area contributed by atoms with E-state index in [1.807, 2.05) is 60.7 Å². The van der Waals surface area contributed by atoms with Gasteiger partial charge in [-0.15, -0.1) is 0 Å². The van der Waals surface area contributed by atoms with Gasteiger partial charge in [0, 0.05) is 12.1 Å². The van der Waals surface area contributed by atoms with Crippen LogP contribution in [0.15, 0.2) is 72.8 Å². The Morgan fingerprint density at radius 1 is 0.885 bits per heavy atom. The maximum absolute atomic E-state index is 10.6. The van der Waals surface area contributed by atoms with Crippen LogP contribution in [-0.2, 0) is 0 Å². The summed E-state index contributed by atoms with van der Waals surface area (Å²) in [7, 11) is 0. The van der Waals surface area contributed by atoms with E-state index in [1.54, 1.807) is 12.1 Å². The molecular formula is C22H23NO3. The highest BCUT2D eigenvalue weighted by molar-refractivity contribution is 5.55. The zero-order chi connectivity index (χ0) is 18.6. The summed E-state index contributed by atoms with van der Waals surface area (Å²) in [5.74, 6) is 0.900. The molecule has 0 heterocycles. The number of ether oxygens (including phenoxy) is 1. The first kappa shape index (κ1) is 19.2. The first-order valence-corrected chi connectivity index (χ1v) is 8.68. The van der Waals surface area contributed by atoms with Gasteiger partial charge < -0.3 is 4.74 Å². The minimum absolute atomic E-state index is 0.0995. The average molecular weight is 349 g/mol. The molecule has 0 aliphatic heterocycles. The average Bonchev–Trinajstić information content (AvgIpc) is 2.66. The molecule has 0 amide bonds. The lowest BCUT2D eigenvalue weighted by Gasteiger charge is -2.04. The van der Waals surface area contributed by atoms with E-state index < -0.39 is 4.92 Å². The molecule has 26 heavy (non-hydrogen) atoms. The van der Waals surface area contributed by atoms with Gasteiger partial charge in [-0.2, -0.15) is 0 Å². The van der Waals surface area contributed by atoms with Crippen LogP contribution in [0.5, 0.6) is 5.75 Å². The van der Waals surface area contributed by atoms with Crippen molar-refractivity contribution in [2.45, 2.75) is 19.8 Å². The predicted molar refractivity (Wildman–Crippen MR) is 107 cm³/mol. The lowest BCUT2D eigenvalue weighted by molar-refractivity contribution is -0.384. The molecule has 0 bridgehead atoms. The highest BCUT2D eigenvalue weighted by atomic mass is 16.6. The minimum atomic E-state index is -0.401. The van der Waals surface area contributed by atoms with Crippen LogP contribution in [0.1, 0.15) is 30.9 Å². The van der Waals surface area contributed by atoms with Gasteiger partial charge in [-0.1, -0.05) is 61.9 Å². The van der Waals surface area contributed by atoms with Gasteiger partial charge in [0.05, 0.1) is 11.5 Å². The second-order valence-electron chi connectivity index (χ2n) is 5.72. The molecule has 0 aliphatic rings. The van der Waals surface area contributed by atoms with Crippen LogP contribution in [0, 0.1) is 10.1 Å². The lowest BCUT2D eigenvalue weighted by atomic mass is 10.2. The maximum atomic E-state index is 10.6. The SMILES string of the molecule is CCCCOc1ccc(/C=C/C=C/C=C/c2ccc([N+](=O)[O-])cc2)cc1. The molecule has 0 radical (unpaired) electrons. The quantitative estimate of drug-likeness (QED) is 0.239. The Morgan fingerprint density at radius 2 is 1.42 bits per heavy atom. The Hall–Kier alpha value is -3.14. The number of nitrogens with zero attached hydrogens (tertiary/aromatic N) is 1. The summed E-state index contributed by atoms with van der Waals surface area (Å²) in [5, 5.41) is 10.6. The molecule has 0 spiro atoms. The highest BCUT2D eigenvalue weighted by Crippen LogP contribution is 2.14. The molecule has 4 heteroatoms. The molecule has 0 aromatic heterocycles. The van der Waals surface area contributed by atoms with E-state index >= 15 is 0 Å². The molecule has 0 atom stereocenters. The zero-order valence-corrected chi connectivity index (χ0v) is 14.9. The summed E-state index contributed by atoms with van der Waals surface area (Å²) in [4.78, 5) is 10.2. The Morgan fingerprint density at radius 3 is 1.92 bits per heavy atom. The molecule has 0 saturated carbocycles. The minimum Gasteiger partial charge on any atom is -0.494 e. The van der Waals surface area contributed by atoms with Crippen molar-refractivity contribution in [1.29, 1.82) is 0 Å². The number of nitro benzene ring substituents is 1. The van der Waals surface area contributed by atoms with Gasteiger partial charge >= 0.3 is 0 Å². The smallest absolute Gasteiger partial charge is 0.269 e. The second-order valence-corrected chi connectivity index (χ2v) is 5.72. The highest BCUT2D eigenvalue weighted by Gasteiger charge is 2.01. The van der Waals surface area contributed by atoms with E-state index in [0.29, 0.717) is 0 Å². The van der Waals surface area contributed by atoms with Crippen molar-refractivity contribution in [3.63, 3.8) is 0 Å². The standard InChI is InChI=1S/C22H23NO3/c1-2-3-18-26-22-16-12-20(13-17-22)9-7-5-4-6-8-19-10-14-21(15-11-19)23(24)25/h4-17H,2-3,18H2,1H3/b5-4+,8-6+,9-7+. The van der Waals surface area contributed by atoms with Gasteiger partial charge in [0.25, 0.3) is 5.69 Å². The normalized spacial score (nSPS) is 11.6. The fourth-order valence-electron chi connectivity index (χ4n) is 2.18. The molecule has 2 aromatic rings. The predicted octanol–water partition coefficient (Wildman–Crippen LogP) is 6.06. The molecule has 4 nitrogen and oxygen atoms in total. The van der Waals surface area contributed by atoms with Gasteiger partial charge in [-0.25, -0.2) is 0 Å². The molecule has 0 fully saturated rings. The van der Waals surface area contributed by atoms with Crippen molar-refractivity contribution >= 4 is 17.8 Å². The van der Waals surface area contributed by atoms with Gasteiger partial charge in [-0.05, 0) is 41.8 Å². The van der Waals surface area contributed by atoms with Crippen molar-refractivity contribution in [1.82, 2.24) is 0 Å². The Bertz CT molecular complexity index is 772. The number of allylic oxidation sites excluding steroid dienone is 4. The number of hydrogen-bond acceptors (Lipinski definition) is 3. The van der Waals surface area contributed by atoms with Crippen LogP contribution in [0.4, 0.5) is 5.69 Å². The van der Waals surface area contributed by atoms with Crippen molar-refractivity contribution in [2.75, 3.05) is 6.61 Å². The van der Waals surface area contributed by atoms with Crippen LogP contribution in [0.3, 0.4) is 0 Å². The summed E-state index contributed by atoms with van der Waals surface area (Å²) >= 11 is 0. The monoisotopic (exact) mass is 349 g/mol. The number of benzene rings is 2. The van der Waals surface area contributed by atoms with Crippen LogP contribution < -0.4 is 4.74 Å². The molecular weight excluding hydrogens is 326 g/mol. The molecule has 2 rings (SSSR count). The van der Waals surface area contributed by atoms with Crippen LogP contribution in [-0.4, -0.2) is 11.5 Å². The number of rotatable bonds is 9. The summed E-state index contributed by atoms with van der Waals surface area (Å²) in [6, 6.07) is 14.5. The third-order valence-corrected chi connectivity index (χ3v) is 3.66. The topological polar surface area (TPSA) is 52.4 Å². The molecule has 134 valence electrons. The van der Waals surface area contributed by atoms with E-state index in [-0.39, 0.29) is 5.69 Å². The first-order chi connectivity index (χ1) is 12.7. The third kappa shape index (κ3) is 6.77. The lowest BCUT2D eigenvalue weighted by Crippen LogP contribution is -1.95. The van der Waals surface area contributed by atoms with Crippen molar-refractivity contribution in [3.05, 3.63) is 94.1 Å². The van der Waals surface area contributed by atoms with Crippen LogP contribution >= 0.6 is 0 Å². The van der Waals surface area contributed by atoms with E-state index in [1.165, 1.54) is 12.1 Å². The number of hydrogen-bond donors (Lipinski definition) is 0. The number of unbranched alkanes of at least 4 members (excludes halogenated alkanes) is 1. The van der Waals surface area contributed by atoms with Gasteiger partial charge in [0.15, 0.2) is 0 Å². The summed E-state index contributed by atoms with van der Waals surface area (Å²) in [5.41, 5.74) is 2.13. The first-order valence-electron chi connectivity index (χ1n) is 8.68. The van der Waals surface area contributed by atoms with Crippen molar-refractivity contribution < 1.29 is 9.66 Å². The van der Waals surface area contributed by atoms with Gasteiger partial charge in [0.1, 0.15) is 5.75 Å². The number of nitro groups is 1. The molecule has 0 N–H and O–H groups in total. The van der Waals surface area contributed by atoms with E-state index in [9.17, 15) is 10.1 Å². The fraction of sp³-hybridized carbons (Fsp3) is 0.182. The molecule has 0 aliphatic carbocycles. The Kier molecular flexibility index (Phi) is 7.87. The fourth-order valence-corrected chi connectivity index (χ4v) is 2.18. The van der Waals surface area contributed by atoms with Gasteiger partial charge in [-0.3, -0.25) is 10.1 Å². The zero-order valence-electron chi connectivity index (χ0n) is 14.9.